The van der Waals surface area contributed by atoms with Crippen molar-refractivity contribution in [3.63, 3.8) is 0 Å². The number of nitrogens with two attached hydrogens (primary N) is 1. The Labute approximate surface area is 220 Å². The molecule has 37 heavy (non-hydrogen) atoms. The van der Waals surface area contributed by atoms with E-state index in [9.17, 15) is 4.79 Å². The second-order valence-electron chi connectivity index (χ2n) is 9.16. The van der Waals surface area contributed by atoms with Gasteiger partial charge in [0.15, 0.2) is 0 Å². The molecule has 3 heterocycles. The molecule has 1 aromatic carbocycles. The van der Waals surface area contributed by atoms with Gasteiger partial charge in [0.05, 0.1) is 24.7 Å². The molecule has 1 atom stereocenters. The van der Waals surface area contributed by atoms with E-state index in [0.29, 0.717) is 23.9 Å². The normalized spacial score (nSPS) is 12.1. The van der Waals surface area contributed by atoms with Crippen molar-refractivity contribution in [1.82, 2.24) is 24.8 Å². The number of benzene rings is 1. The van der Waals surface area contributed by atoms with E-state index in [1.807, 2.05) is 42.9 Å². The first-order valence-corrected chi connectivity index (χ1v) is 12.4. The molecule has 0 radical (unpaired) electrons. The summed E-state index contributed by atoms with van der Waals surface area (Å²) in [4.78, 5) is 24.3. The summed E-state index contributed by atoms with van der Waals surface area (Å²) in [5.74, 6) is 0.0774. The average Bonchev–Trinajstić information content (AvgIpc) is 3.21. The van der Waals surface area contributed by atoms with E-state index < -0.39 is 12.0 Å². The summed E-state index contributed by atoms with van der Waals surface area (Å²) in [5, 5.41) is 13.1. The van der Waals surface area contributed by atoms with Crippen molar-refractivity contribution < 1.29 is 14.6 Å². The molecule has 194 valence electrons. The highest BCUT2D eigenvalue weighted by Crippen LogP contribution is 2.30. The van der Waals surface area contributed by atoms with E-state index in [1.165, 1.54) is 0 Å². The summed E-state index contributed by atoms with van der Waals surface area (Å²) in [6.07, 6.45) is 5.37. The highest BCUT2D eigenvalue weighted by molar-refractivity contribution is 6.34. The van der Waals surface area contributed by atoms with Crippen molar-refractivity contribution in [2.45, 2.75) is 52.7 Å². The van der Waals surface area contributed by atoms with Crippen molar-refractivity contribution in [3.05, 3.63) is 75.3 Å². The lowest BCUT2D eigenvalue weighted by molar-refractivity contribution is -0.139. The average molecular weight is 523 g/mol. The summed E-state index contributed by atoms with van der Waals surface area (Å²) >= 11 is 6.54. The Morgan fingerprint density at radius 2 is 1.89 bits per heavy atom. The van der Waals surface area contributed by atoms with Crippen molar-refractivity contribution >= 4 is 34.6 Å². The van der Waals surface area contributed by atoms with Crippen LogP contribution in [0.3, 0.4) is 0 Å². The minimum Gasteiger partial charge on any atom is -0.496 e. The van der Waals surface area contributed by atoms with Crippen LogP contribution in [0.4, 0.5) is 5.95 Å². The molecule has 9 nitrogen and oxygen atoms in total. The maximum atomic E-state index is 11.0. The summed E-state index contributed by atoms with van der Waals surface area (Å²) in [6, 6.07) is 7.54. The predicted molar refractivity (Wildman–Crippen MR) is 144 cm³/mol. The van der Waals surface area contributed by atoms with Gasteiger partial charge in [-0.1, -0.05) is 35.9 Å². The predicted octanol–water partition coefficient (Wildman–Crippen LogP) is 4.08. The molecule has 0 aliphatic carbocycles. The second kappa shape index (κ2) is 11.1. The van der Waals surface area contributed by atoms with Crippen LogP contribution in [0.5, 0.6) is 5.75 Å². The summed E-state index contributed by atoms with van der Waals surface area (Å²) in [6.45, 7) is 6.58. The first kappa shape index (κ1) is 26.4. The topological polar surface area (TPSA) is 128 Å². The summed E-state index contributed by atoms with van der Waals surface area (Å²) < 4.78 is 7.58. The van der Waals surface area contributed by atoms with Gasteiger partial charge < -0.3 is 25.5 Å². The lowest BCUT2D eigenvalue weighted by Gasteiger charge is -2.13. The number of carboxylic acid groups (broad SMARTS) is 1. The van der Waals surface area contributed by atoms with Gasteiger partial charge in [-0.05, 0) is 50.3 Å². The number of hydrogen-bond acceptors (Lipinski definition) is 7. The highest BCUT2D eigenvalue weighted by atomic mass is 35.5. The number of fused-ring (bicyclic) bond motifs is 1. The molecule has 0 spiro atoms. The lowest BCUT2D eigenvalue weighted by Crippen LogP contribution is -2.33. The van der Waals surface area contributed by atoms with E-state index >= 15 is 0 Å². The quantitative estimate of drug-likeness (QED) is 0.266. The van der Waals surface area contributed by atoms with Crippen LogP contribution < -0.4 is 15.8 Å². The van der Waals surface area contributed by atoms with Crippen molar-refractivity contribution in [2.75, 3.05) is 12.8 Å². The van der Waals surface area contributed by atoms with E-state index in [2.05, 4.69) is 32.4 Å². The number of pyridine rings is 1. The Balaban J connectivity index is 1.56. The standard InChI is InChI=1S/C27H31ClN6O3/c1-15-11-31-21(16(2)23(15)37-4)14-34-13-20(22-24(28)32-27(29)33-25(22)34)10-9-18-5-7-19(8-6-18)12-30-17(3)26(35)36/h5-8,11,13,17,30H,9-10,12,14H2,1-4H3,(H,35,36)(H2,29,32,33)/t17-/m0/s1. The van der Waals surface area contributed by atoms with E-state index in [1.54, 1.807) is 14.0 Å². The molecular weight excluding hydrogens is 492 g/mol. The van der Waals surface area contributed by atoms with Crippen LogP contribution in [0.25, 0.3) is 11.0 Å². The van der Waals surface area contributed by atoms with Crippen LogP contribution in [0, 0.1) is 13.8 Å². The van der Waals surface area contributed by atoms with Gasteiger partial charge in [-0.25, -0.2) is 4.98 Å². The number of rotatable bonds is 10. The Morgan fingerprint density at radius 3 is 2.57 bits per heavy atom. The maximum Gasteiger partial charge on any atom is 0.320 e. The van der Waals surface area contributed by atoms with Crippen LogP contribution in [-0.2, 0) is 30.7 Å². The van der Waals surface area contributed by atoms with Gasteiger partial charge in [0, 0.05) is 30.1 Å². The number of hydrogen-bond donors (Lipinski definition) is 3. The maximum absolute atomic E-state index is 11.0. The number of aryl methyl sites for hydroxylation is 3. The molecular formula is C27H31ClN6O3. The number of halogens is 1. The number of aliphatic carboxylic acids is 1. The van der Waals surface area contributed by atoms with Gasteiger partial charge in [0.2, 0.25) is 5.95 Å². The van der Waals surface area contributed by atoms with Crippen LogP contribution in [0.2, 0.25) is 5.15 Å². The van der Waals surface area contributed by atoms with Gasteiger partial charge in [-0.2, -0.15) is 4.98 Å². The number of nitrogens with one attached hydrogen (secondary N) is 1. The smallest absolute Gasteiger partial charge is 0.320 e. The zero-order valence-corrected chi connectivity index (χ0v) is 22.1. The van der Waals surface area contributed by atoms with E-state index in [4.69, 9.17) is 27.2 Å². The highest BCUT2D eigenvalue weighted by Gasteiger charge is 2.18. The number of carbonyl (C=O) groups is 1. The van der Waals surface area contributed by atoms with Gasteiger partial charge in [0.1, 0.15) is 22.6 Å². The third-order valence-corrected chi connectivity index (χ3v) is 6.80. The van der Waals surface area contributed by atoms with Crippen LogP contribution in [-0.4, -0.2) is 43.7 Å². The number of ether oxygens (including phenoxy) is 1. The molecule has 4 N–H and O–H groups in total. The first-order valence-electron chi connectivity index (χ1n) is 12.0. The molecule has 0 saturated carbocycles. The number of anilines is 1. The number of carboxylic acids is 1. The zero-order chi connectivity index (χ0) is 26.7. The zero-order valence-electron chi connectivity index (χ0n) is 21.4. The molecule has 0 fully saturated rings. The van der Waals surface area contributed by atoms with Crippen LogP contribution in [0.15, 0.2) is 36.7 Å². The third kappa shape index (κ3) is 5.84. The lowest BCUT2D eigenvalue weighted by atomic mass is 10.0. The number of aromatic nitrogens is 4. The molecule has 4 rings (SSSR count). The summed E-state index contributed by atoms with van der Waals surface area (Å²) in [5.41, 5.74) is 12.6. The van der Waals surface area contributed by atoms with E-state index in [-0.39, 0.29) is 5.95 Å². The fourth-order valence-electron chi connectivity index (χ4n) is 4.40. The monoisotopic (exact) mass is 522 g/mol. The molecule has 10 heteroatoms. The van der Waals surface area contributed by atoms with Gasteiger partial charge >= 0.3 is 5.97 Å². The van der Waals surface area contributed by atoms with Crippen molar-refractivity contribution in [1.29, 1.82) is 0 Å². The molecule has 0 bridgehead atoms. The minimum atomic E-state index is -0.868. The Morgan fingerprint density at radius 1 is 1.19 bits per heavy atom. The summed E-state index contributed by atoms with van der Waals surface area (Å²) in [7, 11) is 1.66. The van der Waals surface area contributed by atoms with Gasteiger partial charge in [-0.3, -0.25) is 9.78 Å². The van der Waals surface area contributed by atoms with Crippen molar-refractivity contribution in [3.8, 4) is 5.75 Å². The van der Waals surface area contributed by atoms with Gasteiger partial charge in [0.25, 0.3) is 0 Å². The second-order valence-corrected chi connectivity index (χ2v) is 9.51. The van der Waals surface area contributed by atoms with Gasteiger partial charge in [-0.15, -0.1) is 0 Å². The molecule has 0 amide bonds. The molecule has 4 aromatic rings. The number of methoxy groups -OCH3 is 1. The van der Waals surface area contributed by atoms with E-state index in [0.717, 1.165) is 57.5 Å². The number of nitrogen functional groups attached to an aromatic ring is 1. The fraction of sp³-hybridized carbons (Fsp3) is 0.333. The molecule has 3 aromatic heterocycles. The fourth-order valence-corrected chi connectivity index (χ4v) is 4.69. The Kier molecular flexibility index (Phi) is 7.94. The largest absolute Gasteiger partial charge is 0.496 e. The SMILES string of the molecule is COc1c(C)cnc(Cn2cc(CCc3ccc(CN[C@@H](C)C(=O)O)cc3)c3c(Cl)nc(N)nc32)c1C. The third-order valence-electron chi connectivity index (χ3n) is 6.53. The molecule has 0 aliphatic heterocycles. The Bertz CT molecular complexity index is 1430. The number of nitrogens with zero attached hydrogens (tertiary/aromatic N) is 4. The van der Waals surface area contributed by atoms with Crippen LogP contribution >= 0.6 is 11.6 Å². The molecule has 0 unspecified atom stereocenters. The Hall–Kier alpha value is -3.69. The van der Waals surface area contributed by atoms with Crippen molar-refractivity contribution in [2.24, 2.45) is 0 Å². The minimum absolute atomic E-state index is 0.121. The first-order chi connectivity index (χ1) is 17.7. The van der Waals surface area contributed by atoms with Crippen LogP contribution in [0.1, 0.15) is 40.4 Å². The molecule has 0 aliphatic rings. The molecule has 0 saturated heterocycles.